The molecule has 0 saturated carbocycles. The summed E-state index contributed by atoms with van der Waals surface area (Å²) in [5.41, 5.74) is 3.85. The Balaban J connectivity index is 1.74. The van der Waals surface area contributed by atoms with Gasteiger partial charge < -0.3 is 5.32 Å². The molecule has 0 aliphatic rings. The molecule has 3 aromatic carbocycles. The van der Waals surface area contributed by atoms with Gasteiger partial charge in [-0.1, -0.05) is 54.4 Å². The molecule has 1 heterocycles. The van der Waals surface area contributed by atoms with Gasteiger partial charge in [0.1, 0.15) is 5.01 Å². The first-order chi connectivity index (χ1) is 13.5. The average molecular weight is 427 g/mol. The number of aryl methyl sites for hydroxylation is 1. The molecule has 4 rings (SSSR count). The number of hydrogen-bond donors (Lipinski definition) is 1. The Morgan fingerprint density at radius 3 is 2.54 bits per heavy atom. The number of carbonyl (C=O) groups is 1. The molecule has 0 bridgehead atoms. The van der Waals surface area contributed by atoms with E-state index in [-0.39, 0.29) is 5.91 Å². The summed E-state index contributed by atoms with van der Waals surface area (Å²) in [6.45, 7) is 2.08. The number of nitrogens with one attached hydrogen (secondary N) is 1. The minimum absolute atomic E-state index is 0.228. The molecule has 1 N–H and O–H groups in total. The van der Waals surface area contributed by atoms with Gasteiger partial charge in [-0.2, -0.15) is 0 Å². The lowest BCUT2D eigenvalue weighted by Gasteiger charge is -2.12. The fourth-order valence-corrected chi connectivity index (χ4v) is 4.46. The van der Waals surface area contributed by atoms with E-state index in [1.165, 1.54) is 16.9 Å². The number of halogens is 2. The first-order valence-electron chi connectivity index (χ1n) is 8.80. The molecule has 4 aromatic rings. The van der Waals surface area contributed by atoms with E-state index in [0.29, 0.717) is 26.9 Å². The number of carbonyl (C=O) groups excluding carboxylic acids is 1. The van der Waals surface area contributed by atoms with Crippen molar-refractivity contribution in [3.8, 4) is 10.6 Å². The molecule has 0 aliphatic heterocycles. The summed E-state index contributed by atoms with van der Waals surface area (Å²) >= 11 is 14.2. The topological polar surface area (TPSA) is 42.0 Å². The van der Waals surface area contributed by atoms with E-state index in [4.69, 9.17) is 23.2 Å². The Bertz CT molecular complexity index is 1140. The smallest absolute Gasteiger partial charge is 0.255 e. The van der Waals surface area contributed by atoms with Crippen molar-refractivity contribution in [2.45, 2.75) is 13.3 Å². The molecule has 0 fully saturated rings. The van der Waals surface area contributed by atoms with Crippen molar-refractivity contribution in [1.29, 1.82) is 0 Å². The molecule has 140 valence electrons. The molecule has 1 amide bonds. The summed E-state index contributed by atoms with van der Waals surface area (Å²) in [5, 5.41) is 4.56. The van der Waals surface area contributed by atoms with E-state index in [1.807, 2.05) is 48.5 Å². The van der Waals surface area contributed by atoms with Crippen LogP contribution in [0.15, 0.2) is 60.7 Å². The minimum Gasteiger partial charge on any atom is -0.320 e. The third-order valence-corrected chi connectivity index (χ3v) is 6.03. The maximum atomic E-state index is 12.8. The largest absolute Gasteiger partial charge is 0.320 e. The van der Waals surface area contributed by atoms with Crippen molar-refractivity contribution in [3.63, 3.8) is 0 Å². The van der Waals surface area contributed by atoms with Gasteiger partial charge in [-0.05, 0) is 48.4 Å². The number of rotatable bonds is 4. The van der Waals surface area contributed by atoms with Crippen molar-refractivity contribution in [2.75, 3.05) is 5.32 Å². The van der Waals surface area contributed by atoms with E-state index in [9.17, 15) is 4.79 Å². The Labute approximate surface area is 177 Å². The summed E-state index contributed by atoms with van der Waals surface area (Å²) in [6.07, 6.45) is 0.923. The van der Waals surface area contributed by atoms with Crippen molar-refractivity contribution in [2.24, 2.45) is 0 Å². The van der Waals surface area contributed by atoms with E-state index < -0.39 is 0 Å². The number of anilines is 1. The molecule has 0 radical (unpaired) electrons. The summed E-state index contributed by atoms with van der Waals surface area (Å²) < 4.78 is 1.06. The SMILES string of the molecule is CCc1ccc(C(=O)Nc2c(Cl)cc(Cl)cc2-c2nc3ccccc3s2)cc1. The van der Waals surface area contributed by atoms with Gasteiger partial charge in [0, 0.05) is 16.1 Å². The van der Waals surface area contributed by atoms with Gasteiger partial charge in [-0.25, -0.2) is 4.98 Å². The normalized spacial score (nSPS) is 11.0. The van der Waals surface area contributed by atoms with Crippen molar-refractivity contribution >= 4 is 56.3 Å². The number of fused-ring (bicyclic) bond motifs is 1. The Hall–Kier alpha value is -2.40. The molecule has 6 heteroatoms. The maximum absolute atomic E-state index is 12.8. The minimum atomic E-state index is -0.228. The molecule has 0 saturated heterocycles. The van der Waals surface area contributed by atoms with Crippen LogP contribution in [0.1, 0.15) is 22.8 Å². The van der Waals surface area contributed by atoms with Gasteiger partial charge in [-0.15, -0.1) is 11.3 Å². The molecular formula is C22H16Cl2N2OS. The van der Waals surface area contributed by atoms with Gasteiger partial charge in [-0.3, -0.25) is 4.79 Å². The predicted octanol–water partition coefficient (Wildman–Crippen LogP) is 7.08. The summed E-state index contributed by atoms with van der Waals surface area (Å²) in [6, 6.07) is 18.8. The van der Waals surface area contributed by atoms with Crippen LogP contribution in [0.4, 0.5) is 5.69 Å². The van der Waals surface area contributed by atoms with Crippen LogP contribution in [0.25, 0.3) is 20.8 Å². The fraction of sp³-hybridized carbons (Fsp3) is 0.0909. The van der Waals surface area contributed by atoms with E-state index in [0.717, 1.165) is 21.6 Å². The lowest BCUT2D eigenvalue weighted by Crippen LogP contribution is -2.13. The van der Waals surface area contributed by atoms with Gasteiger partial charge in [0.2, 0.25) is 0 Å². The van der Waals surface area contributed by atoms with Crippen LogP contribution in [0.3, 0.4) is 0 Å². The number of thiazole rings is 1. The monoisotopic (exact) mass is 426 g/mol. The van der Waals surface area contributed by atoms with Crippen LogP contribution in [0, 0.1) is 0 Å². The van der Waals surface area contributed by atoms with Gasteiger partial charge >= 0.3 is 0 Å². The quantitative estimate of drug-likeness (QED) is 0.378. The molecule has 1 aromatic heterocycles. The highest BCUT2D eigenvalue weighted by Gasteiger charge is 2.18. The third-order valence-electron chi connectivity index (χ3n) is 4.44. The highest BCUT2D eigenvalue weighted by atomic mass is 35.5. The first-order valence-corrected chi connectivity index (χ1v) is 10.4. The Morgan fingerprint density at radius 2 is 1.82 bits per heavy atom. The van der Waals surface area contributed by atoms with Crippen molar-refractivity contribution < 1.29 is 4.79 Å². The third kappa shape index (κ3) is 3.76. The first kappa shape index (κ1) is 18.9. The fourth-order valence-electron chi connectivity index (χ4n) is 2.93. The number of nitrogens with zero attached hydrogens (tertiary/aromatic N) is 1. The van der Waals surface area contributed by atoms with Crippen molar-refractivity contribution in [3.05, 3.63) is 81.8 Å². The second-order valence-electron chi connectivity index (χ2n) is 6.30. The summed E-state index contributed by atoms with van der Waals surface area (Å²) in [4.78, 5) is 17.5. The maximum Gasteiger partial charge on any atom is 0.255 e. The number of hydrogen-bond acceptors (Lipinski definition) is 3. The number of benzene rings is 3. The van der Waals surface area contributed by atoms with Crippen LogP contribution in [0.5, 0.6) is 0 Å². The molecule has 0 aliphatic carbocycles. The average Bonchev–Trinajstić information content (AvgIpc) is 3.14. The van der Waals surface area contributed by atoms with E-state index >= 15 is 0 Å². The zero-order valence-electron chi connectivity index (χ0n) is 15.0. The number of aromatic nitrogens is 1. The van der Waals surface area contributed by atoms with E-state index in [2.05, 4.69) is 17.2 Å². The van der Waals surface area contributed by atoms with E-state index in [1.54, 1.807) is 12.1 Å². The highest BCUT2D eigenvalue weighted by Crippen LogP contribution is 2.40. The van der Waals surface area contributed by atoms with Gasteiger partial charge in [0.05, 0.1) is 20.9 Å². The number of amides is 1. The van der Waals surface area contributed by atoms with Crippen molar-refractivity contribution in [1.82, 2.24) is 4.98 Å². The predicted molar refractivity (Wildman–Crippen MR) is 119 cm³/mol. The number of para-hydroxylation sites is 1. The van der Waals surface area contributed by atoms with Gasteiger partial charge in [0.15, 0.2) is 0 Å². The van der Waals surface area contributed by atoms with Crippen LogP contribution in [-0.4, -0.2) is 10.9 Å². The van der Waals surface area contributed by atoms with Gasteiger partial charge in [0.25, 0.3) is 5.91 Å². The van der Waals surface area contributed by atoms with Crippen LogP contribution < -0.4 is 5.32 Å². The second kappa shape index (κ2) is 7.92. The standard InChI is InChI=1S/C22H16Cl2N2OS/c1-2-13-7-9-14(10-8-13)21(27)26-20-16(11-15(23)12-17(20)24)22-25-18-5-3-4-6-19(18)28-22/h3-12H,2H2,1H3,(H,26,27). The second-order valence-corrected chi connectivity index (χ2v) is 8.18. The molecule has 0 atom stereocenters. The summed E-state index contributed by atoms with van der Waals surface area (Å²) in [7, 11) is 0. The van der Waals surface area contributed by atoms with Crippen LogP contribution in [0.2, 0.25) is 10.0 Å². The molecule has 28 heavy (non-hydrogen) atoms. The molecular weight excluding hydrogens is 411 g/mol. The highest BCUT2D eigenvalue weighted by molar-refractivity contribution is 7.21. The Kier molecular flexibility index (Phi) is 5.36. The lowest BCUT2D eigenvalue weighted by atomic mass is 10.1. The Morgan fingerprint density at radius 1 is 1.07 bits per heavy atom. The summed E-state index contributed by atoms with van der Waals surface area (Å²) in [5.74, 6) is -0.228. The molecule has 0 unspecified atom stereocenters. The van der Waals surface area contributed by atoms with Crippen LogP contribution in [-0.2, 0) is 6.42 Å². The van der Waals surface area contributed by atoms with Crippen LogP contribution >= 0.6 is 34.5 Å². The molecule has 3 nitrogen and oxygen atoms in total. The molecule has 0 spiro atoms. The lowest BCUT2D eigenvalue weighted by molar-refractivity contribution is 0.102. The zero-order valence-corrected chi connectivity index (χ0v) is 17.3. The zero-order chi connectivity index (χ0) is 19.7.